The standard InChI is InChI=1S/C25H29N5O3/c1-33-22-12-9-19(10-13-22)11-14-24(31)30-15-5-8-21(30)17-29-18-23(27-28-29)25(32)26-16-20-6-3-2-4-7-20/h2-4,6-7,9-10,12-13,18,21H,5,8,11,14-17H2,1H3,(H,26,32)/t21-/m0/s1. The Kier molecular flexibility index (Phi) is 7.34. The van der Waals surface area contributed by atoms with Crippen LogP contribution in [0.5, 0.6) is 5.75 Å². The zero-order valence-corrected chi connectivity index (χ0v) is 18.8. The summed E-state index contributed by atoms with van der Waals surface area (Å²) in [6, 6.07) is 17.6. The van der Waals surface area contributed by atoms with Gasteiger partial charge in [0.05, 0.1) is 25.9 Å². The SMILES string of the molecule is COc1ccc(CCC(=O)N2CCC[C@H]2Cn2cc(C(=O)NCc3ccccc3)nn2)cc1. The van der Waals surface area contributed by atoms with Crippen LogP contribution < -0.4 is 10.1 Å². The van der Waals surface area contributed by atoms with Crippen LogP contribution in [0.4, 0.5) is 0 Å². The molecule has 1 aliphatic rings. The Hall–Kier alpha value is -3.68. The normalized spacial score (nSPS) is 15.4. The van der Waals surface area contributed by atoms with Crippen molar-refractivity contribution in [2.75, 3.05) is 13.7 Å². The number of rotatable bonds is 9. The summed E-state index contributed by atoms with van der Waals surface area (Å²) < 4.78 is 6.85. The lowest BCUT2D eigenvalue weighted by Crippen LogP contribution is -2.38. The topological polar surface area (TPSA) is 89.4 Å². The Morgan fingerprint density at radius 3 is 2.64 bits per heavy atom. The van der Waals surface area contributed by atoms with Crippen LogP contribution in [0.25, 0.3) is 0 Å². The van der Waals surface area contributed by atoms with Gasteiger partial charge in [-0.05, 0) is 42.5 Å². The molecular weight excluding hydrogens is 418 g/mol. The number of ether oxygens (including phenoxy) is 1. The van der Waals surface area contributed by atoms with E-state index in [1.807, 2.05) is 59.5 Å². The zero-order chi connectivity index (χ0) is 23.0. The van der Waals surface area contributed by atoms with Crippen LogP contribution in [0.2, 0.25) is 0 Å². The minimum atomic E-state index is -0.260. The molecule has 2 amide bonds. The molecule has 172 valence electrons. The molecule has 0 bridgehead atoms. The van der Waals surface area contributed by atoms with Gasteiger partial charge in [0, 0.05) is 19.5 Å². The zero-order valence-electron chi connectivity index (χ0n) is 18.8. The first kappa shape index (κ1) is 22.5. The highest BCUT2D eigenvalue weighted by Gasteiger charge is 2.29. The number of nitrogens with one attached hydrogen (secondary N) is 1. The summed E-state index contributed by atoms with van der Waals surface area (Å²) in [5.74, 6) is 0.698. The molecule has 8 heteroatoms. The van der Waals surface area contributed by atoms with Crippen molar-refractivity contribution in [3.8, 4) is 5.75 Å². The van der Waals surface area contributed by atoms with E-state index in [1.165, 1.54) is 0 Å². The van der Waals surface area contributed by atoms with E-state index in [1.54, 1.807) is 18.0 Å². The second-order valence-corrected chi connectivity index (χ2v) is 8.23. The highest BCUT2D eigenvalue weighted by atomic mass is 16.5. The molecule has 1 aliphatic heterocycles. The number of hydrogen-bond acceptors (Lipinski definition) is 5. The number of carbonyl (C=O) groups excluding carboxylic acids is 2. The fourth-order valence-corrected chi connectivity index (χ4v) is 4.12. The summed E-state index contributed by atoms with van der Waals surface area (Å²) in [7, 11) is 1.64. The molecule has 1 atom stereocenters. The molecule has 1 aromatic heterocycles. The van der Waals surface area contributed by atoms with Crippen molar-refractivity contribution in [1.82, 2.24) is 25.2 Å². The van der Waals surface area contributed by atoms with Gasteiger partial charge < -0.3 is 15.0 Å². The van der Waals surface area contributed by atoms with Gasteiger partial charge in [-0.2, -0.15) is 0 Å². The van der Waals surface area contributed by atoms with Gasteiger partial charge in [-0.3, -0.25) is 9.59 Å². The summed E-state index contributed by atoms with van der Waals surface area (Å²) >= 11 is 0. The molecule has 0 radical (unpaired) electrons. The molecule has 3 aromatic rings. The van der Waals surface area contributed by atoms with Crippen molar-refractivity contribution in [2.45, 2.75) is 44.8 Å². The number of nitrogens with zero attached hydrogens (tertiary/aromatic N) is 4. The van der Waals surface area contributed by atoms with Gasteiger partial charge in [0.2, 0.25) is 5.91 Å². The first-order valence-corrected chi connectivity index (χ1v) is 11.3. The maximum Gasteiger partial charge on any atom is 0.273 e. The number of amides is 2. The summed E-state index contributed by atoms with van der Waals surface area (Å²) in [5, 5.41) is 11.0. The summed E-state index contributed by atoms with van der Waals surface area (Å²) in [6.45, 7) is 1.73. The molecule has 1 saturated heterocycles. The van der Waals surface area contributed by atoms with Crippen molar-refractivity contribution in [1.29, 1.82) is 0 Å². The van der Waals surface area contributed by atoms with E-state index in [9.17, 15) is 9.59 Å². The highest BCUT2D eigenvalue weighted by molar-refractivity contribution is 5.91. The minimum absolute atomic E-state index is 0.0651. The van der Waals surface area contributed by atoms with Crippen molar-refractivity contribution in [3.05, 3.63) is 77.6 Å². The molecule has 1 fully saturated rings. The molecule has 0 unspecified atom stereocenters. The molecule has 2 aromatic carbocycles. The monoisotopic (exact) mass is 447 g/mol. The van der Waals surface area contributed by atoms with Gasteiger partial charge >= 0.3 is 0 Å². The average molecular weight is 448 g/mol. The second kappa shape index (κ2) is 10.8. The van der Waals surface area contributed by atoms with E-state index in [-0.39, 0.29) is 23.6 Å². The summed E-state index contributed by atoms with van der Waals surface area (Å²) in [6.07, 6.45) is 4.70. The van der Waals surface area contributed by atoms with E-state index in [0.29, 0.717) is 25.9 Å². The lowest BCUT2D eigenvalue weighted by molar-refractivity contribution is -0.132. The van der Waals surface area contributed by atoms with Crippen LogP contribution in [0.15, 0.2) is 60.8 Å². The van der Waals surface area contributed by atoms with Gasteiger partial charge in [-0.1, -0.05) is 47.7 Å². The summed E-state index contributed by atoms with van der Waals surface area (Å²) in [4.78, 5) is 27.2. The maximum absolute atomic E-state index is 12.9. The lowest BCUT2D eigenvalue weighted by Gasteiger charge is -2.24. The molecule has 0 saturated carbocycles. The largest absolute Gasteiger partial charge is 0.497 e. The lowest BCUT2D eigenvalue weighted by atomic mass is 10.1. The van der Waals surface area contributed by atoms with E-state index >= 15 is 0 Å². The Balaban J connectivity index is 1.28. The van der Waals surface area contributed by atoms with Gasteiger partial charge in [0.25, 0.3) is 5.91 Å². The summed E-state index contributed by atoms with van der Waals surface area (Å²) in [5.41, 5.74) is 2.41. The van der Waals surface area contributed by atoms with Crippen LogP contribution in [-0.2, 0) is 24.3 Å². The van der Waals surface area contributed by atoms with Crippen LogP contribution in [0.1, 0.15) is 40.9 Å². The van der Waals surface area contributed by atoms with Crippen molar-refractivity contribution in [3.63, 3.8) is 0 Å². The van der Waals surface area contributed by atoms with Crippen LogP contribution >= 0.6 is 0 Å². The molecule has 33 heavy (non-hydrogen) atoms. The van der Waals surface area contributed by atoms with E-state index in [4.69, 9.17) is 4.74 Å². The van der Waals surface area contributed by atoms with Gasteiger partial charge in [-0.15, -0.1) is 5.10 Å². The van der Waals surface area contributed by atoms with Crippen LogP contribution in [0, 0.1) is 0 Å². The average Bonchev–Trinajstić information content (AvgIpc) is 3.52. The molecule has 4 rings (SSSR count). The number of aryl methyl sites for hydroxylation is 1. The molecular formula is C25H29N5O3. The van der Waals surface area contributed by atoms with Gasteiger partial charge in [0.1, 0.15) is 5.75 Å². The number of hydrogen-bond donors (Lipinski definition) is 1. The van der Waals surface area contributed by atoms with E-state index < -0.39 is 0 Å². The second-order valence-electron chi connectivity index (χ2n) is 8.23. The fourth-order valence-electron chi connectivity index (χ4n) is 4.12. The highest BCUT2D eigenvalue weighted by Crippen LogP contribution is 2.21. The van der Waals surface area contributed by atoms with Gasteiger partial charge in [-0.25, -0.2) is 4.68 Å². The Bertz CT molecular complexity index is 1070. The number of aromatic nitrogens is 3. The molecule has 0 spiro atoms. The third-order valence-electron chi connectivity index (χ3n) is 5.95. The Morgan fingerprint density at radius 1 is 1.09 bits per heavy atom. The molecule has 8 nitrogen and oxygen atoms in total. The molecule has 1 N–H and O–H groups in total. The number of likely N-dealkylation sites (tertiary alicyclic amines) is 1. The predicted molar refractivity (Wildman–Crippen MR) is 124 cm³/mol. The Morgan fingerprint density at radius 2 is 1.88 bits per heavy atom. The fraction of sp³-hybridized carbons (Fsp3) is 0.360. The Labute approximate surface area is 193 Å². The van der Waals surface area contributed by atoms with Crippen LogP contribution in [0.3, 0.4) is 0 Å². The molecule has 2 heterocycles. The minimum Gasteiger partial charge on any atom is -0.497 e. The van der Waals surface area contributed by atoms with Crippen molar-refractivity contribution >= 4 is 11.8 Å². The predicted octanol–water partition coefficient (Wildman–Crippen LogP) is 2.84. The smallest absolute Gasteiger partial charge is 0.273 e. The van der Waals surface area contributed by atoms with E-state index in [2.05, 4.69) is 15.6 Å². The van der Waals surface area contributed by atoms with Crippen LogP contribution in [-0.4, -0.2) is 51.4 Å². The third-order valence-corrected chi connectivity index (χ3v) is 5.95. The maximum atomic E-state index is 12.9. The quantitative estimate of drug-likeness (QED) is 0.545. The van der Waals surface area contributed by atoms with Gasteiger partial charge in [0.15, 0.2) is 5.69 Å². The first-order valence-electron chi connectivity index (χ1n) is 11.3. The van der Waals surface area contributed by atoms with Crippen molar-refractivity contribution in [2.24, 2.45) is 0 Å². The van der Waals surface area contributed by atoms with E-state index in [0.717, 1.165) is 36.3 Å². The first-order chi connectivity index (χ1) is 16.1. The number of carbonyl (C=O) groups is 2. The number of benzene rings is 2. The van der Waals surface area contributed by atoms with Crippen molar-refractivity contribution < 1.29 is 14.3 Å². The number of methoxy groups -OCH3 is 1. The third kappa shape index (κ3) is 5.97. The molecule has 0 aliphatic carbocycles.